The first kappa shape index (κ1) is 21.9. The van der Waals surface area contributed by atoms with E-state index in [0.29, 0.717) is 11.3 Å². The number of benzene rings is 2. The van der Waals surface area contributed by atoms with E-state index in [1.54, 1.807) is 18.2 Å². The largest absolute Gasteiger partial charge is 0.465 e. The Balaban J connectivity index is 2.06. The molecule has 0 heterocycles. The summed E-state index contributed by atoms with van der Waals surface area (Å²) in [6.07, 6.45) is 2.31. The van der Waals surface area contributed by atoms with Crippen LogP contribution in [-0.2, 0) is 20.4 Å². The van der Waals surface area contributed by atoms with Gasteiger partial charge in [0.25, 0.3) is 0 Å². The number of nitrogens with one attached hydrogen (secondary N) is 2. The Morgan fingerprint density at radius 2 is 1.50 bits per heavy atom. The van der Waals surface area contributed by atoms with Crippen molar-refractivity contribution in [2.75, 3.05) is 17.7 Å². The molecule has 0 unspecified atom stereocenters. The van der Waals surface area contributed by atoms with E-state index in [0.717, 1.165) is 23.4 Å². The van der Waals surface area contributed by atoms with Crippen LogP contribution in [0.3, 0.4) is 0 Å². The second-order valence-corrected chi connectivity index (χ2v) is 9.54. The van der Waals surface area contributed by atoms with Gasteiger partial charge in [0.05, 0.1) is 24.0 Å². The van der Waals surface area contributed by atoms with Crippen molar-refractivity contribution in [1.29, 1.82) is 0 Å². The molecule has 30 heavy (non-hydrogen) atoms. The van der Waals surface area contributed by atoms with Crippen molar-refractivity contribution < 1.29 is 14.3 Å². The zero-order valence-corrected chi connectivity index (χ0v) is 19.0. The first-order valence-corrected chi connectivity index (χ1v) is 10.4. The molecule has 1 amide bonds. The second kappa shape index (κ2) is 7.78. The van der Waals surface area contributed by atoms with Crippen LogP contribution >= 0.6 is 0 Å². The highest BCUT2D eigenvalue weighted by atomic mass is 16.5. The molecule has 3 rings (SSSR count). The number of rotatable bonds is 4. The number of hydrogen-bond acceptors (Lipinski definition) is 4. The topological polar surface area (TPSA) is 67.4 Å². The number of methoxy groups -OCH3 is 1. The van der Waals surface area contributed by atoms with E-state index in [4.69, 9.17) is 4.74 Å². The van der Waals surface area contributed by atoms with E-state index in [9.17, 15) is 9.59 Å². The Morgan fingerprint density at radius 3 is 2.07 bits per heavy atom. The Bertz CT molecular complexity index is 1010. The van der Waals surface area contributed by atoms with E-state index in [1.165, 1.54) is 31.6 Å². The molecule has 0 atom stereocenters. The number of hydrogen-bond donors (Lipinski definition) is 2. The third-order valence-corrected chi connectivity index (χ3v) is 6.22. The normalized spacial score (nSPS) is 16.4. The van der Waals surface area contributed by atoms with Crippen LogP contribution in [0, 0.1) is 6.92 Å². The van der Waals surface area contributed by atoms with Gasteiger partial charge in [-0.05, 0) is 71.6 Å². The van der Waals surface area contributed by atoms with Crippen LogP contribution in [0.2, 0.25) is 0 Å². The lowest BCUT2D eigenvalue weighted by Gasteiger charge is -2.42. The number of carbonyl (C=O) groups excluding carboxylic acids is 2. The molecule has 5 heteroatoms. The summed E-state index contributed by atoms with van der Waals surface area (Å²) in [6, 6.07) is 9.67. The van der Waals surface area contributed by atoms with Crippen molar-refractivity contribution in [2.45, 2.75) is 65.2 Å². The molecule has 2 aromatic rings. The molecule has 0 saturated carbocycles. The van der Waals surface area contributed by atoms with E-state index in [-0.39, 0.29) is 16.7 Å². The lowest BCUT2D eigenvalue weighted by Crippen LogP contribution is -2.34. The first-order valence-electron chi connectivity index (χ1n) is 10.4. The zero-order chi connectivity index (χ0) is 22.3. The summed E-state index contributed by atoms with van der Waals surface area (Å²) in [4.78, 5) is 23.6. The minimum atomic E-state index is -0.443. The van der Waals surface area contributed by atoms with Crippen LogP contribution < -0.4 is 10.6 Å². The summed E-state index contributed by atoms with van der Waals surface area (Å²) in [5.74, 6) is -0.646. The van der Waals surface area contributed by atoms with Gasteiger partial charge in [0.1, 0.15) is 0 Å². The maximum atomic E-state index is 11.9. The predicted molar refractivity (Wildman–Crippen MR) is 122 cm³/mol. The SMILES string of the molecule is COC(=O)c1ccc(Nc2cc3c(cc2C)C(C)(C)CCC3(C)C)c(NC(C)=O)c1. The van der Waals surface area contributed by atoms with Gasteiger partial charge < -0.3 is 15.4 Å². The molecule has 2 N–H and O–H groups in total. The monoisotopic (exact) mass is 408 g/mol. The van der Waals surface area contributed by atoms with Gasteiger partial charge in [0, 0.05) is 12.6 Å². The van der Waals surface area contributed by atoms with Crippen LogP contribution in [0.15, 0.2) is 30.3 Å². The Morgan fingerprint density at radius 1 is 0.900 bits per heavy atom. The standard InChI is InChI=1S/C25H32N2O3/c1-15-12-18-19(25(5,6)11-10-24(18,3)4)14-21(15)27-20-9-8-17(23(29)30-7)13-22(20)26-16(2)28/h8-9,12-14,27H,10-11H2,1-7H3,(H,26,28). The van der Waals surface area contributed by atoms with Crippen LogP contribution in [0.1, 0.15) is 74.5 Å². The van der Waals surface area contributed by atoms with Gasteiger partial charge in [-0.3, -0.25) is 4.79 Å². The highest BCUT2D eigenvalue weighted by Crippen LogP contribution is 2.47. The molecule has 1 aliphatic carbocycles. The molecule has 0 saturated heterocycles. The fraction of sp³-hybridized carbons (Fsp3) is 0.440. The molecule has 2 aromatic carbocycles. The molecular weight excluding hydrogens is 376 g/mol. The van der Waals surface area contributed by atoms with E-state index in [1.807, 2.05) is 0 Å². The Hall–Kier alpha value is -2.82. The van der Waals surface area contributed by atoms with Gasteiger partial charge >= 0.3 is 5.97 Å². The maximum absolute atomic E-state index is 11.9. The highest BCUT2D eigenvalue weighted by Gasteiger charge is 2.37. The minimum Gasteiger partial charge on any atom is -0.465 e. The number of ether oxygens (including phenoxy) is 1. The van der Waals surface area contributed by atoms with E-state index < -0.39 is 5.97 Å². The third-order valence-electron chi connectivity index (χ3n) is 6.22. The van der Waals surface area contributed by atoms with Crippen molar-refractivity contribution in [3.8, 4) is 0 Å². The fourth-order valence-corrected chi connectivity index (χ4v) is 4.19. The minimum absolute atomic E-state index is 0.101. The molecular formula is C25H32N2O3. The lowest BCUT2D eigenvalue weighted by molar-refractivity contribution is -0.114. The maximum Gasteiger partial charge on any atom is 0.337 e. The summed E-state index contributed by atoms with van der Waals surface area (Å²) in [5, 5.41) is 6.29. The van der Waals surface area contributed by atoms with Crippen LogP contribution in [0.4, 0.5) is 17.1 Å². The van der Waals surface area contributed by atoms with Crippen LogP contribution in [0.25, 0.3) is 0 Å². The molecule has 0 radical (unpaired) electrons. The Labute approximate surface area is 179 Å². The fourth-order valence-electron chi connectivity index (χ4n) is 4.19. The third kappa shape index (κ3) is 4.20. The van der Waals surface area contributed by atoms with Crippen molar-refractivity contribution in [3.05, 3.63) is 52.6 Å². The van der Waals surface area contributed by atoms with Crippen molar-refractivity contribution in [2.24, 2.45) is 0 Å². The number of amides is 1. The number of esters is 1. The molecule has 0 bridgehead atoms. The molecule has 5 nitrogen and oxygen atoms in total. The van der Waals surface area contributed by atoms with E-state index >= 15 is 0 Å². The van der Waals surface area contributed by atoms with Gasteiger partial charge in [-0.1, -0.05) is 33.8 Å². The summed E-state index contributed by atoms with van der Waals surface area (Å²) < 4.78 is 4.81. The molecule has 1 aliphatic rings. The first-order chi connectivity index (χ1) is 13.9. The van der Waals surface area contributed by atoms with Crippen LogP contribution in [-0.4, -0.2) is 19.0 Å². The number of carbonyl (C=O) groups is 2. The summed E-state index contributed by atoms with van der Waals surface area (Å²) in [7, 11) is 1.34. The van der Waals surface area contributed by atoms with Gasteiger partial charge in [-0.15, -0.1) is 0 Å². The van der Waals surface area contributed by atoms with Gasteiger partial charge in [-0.2, -0.15) is 0 Å². The van der Waals surface area contributed by atoms with Gasteiger partial charge in [0.2, 0.25) is 5.91 Å². The van der Waals surface area contributed by atoms with E-state index in [2.05, 4.69) is 57.4 Å². The quantitative estimate of drug-likeness (QED) is 0.624. The second-order valence-electron chi connectivity index (χ2n) is 9.54. The van der Waals surface area contributed by atoms with Crippen molar-refractivity contribution in [1.82, 2.24) is 0 Å². The number of fused-ring (bicyclic) bond motifs is 1. The van der Waals surface area contributed by atoms with Crippen molar-refractivity contribution >= 4 is 28.9 Å². The Kier molecular flexibility index (Phi) is 5.68. The van der Waals surface area contributed by atoms with Gasteiger partial charge in [-0.25, -0.2) is 4.79 Å². The smallest absolute Gasteiger partial charge is 0.337 e. The molecule has 160 valence electrons. The average Bonchev–Trinajstić information content (AvgIpc) is 2.67. The highest BCUT2D eigenvalue weighted by molar-refractivity contribution is 5.97. The molecule has 0 aromatic heterocycles. The van der Waals surface area contributed by atoms with Crippen molar-refractivity contribution in [3.63, 3.8) is 0 Å². The zero-order valence-electron chi connectivity index (χ0n) is 19.0. The summed E-state index contributed by atoms with van der Waals surface area (Å²) >= 11 is 0. The predicted octanol–water partition coefficient (Wildman–Crippen LogP) is 5.83. The number of anilines is 3. The number of aryl methyl sites for hydroxylation is 1. The lowest BCUT2D eigenvalue weighted by atomic mass is 9.63. The van der Waals surface area contributed by atoms with Crippen LogP contribution in [0.5, 0.6) is 0 Å². The summed E-state index contributed by atoms with van der Waals surface area (Å²) in [5.41, 5.74) is 6.82. The van der Waals surface area contributed by atoms with Gasteiger partial charge in [0.15, 0.2) is 0 Å². The molecule has 0 aliphatic heterocycles. The molecule has 0 spiro atoms. The average molecular weight is 409 g/mol. The summed E-state index contributed by atoms with van der Waals surface area (Å²) in [6.45, 7) is 12.8. The molecule has 0 fully saturated rings.